The molecule has 1 amide bonds. The van der Waals surface area contributed by atoms with Crippen LogP contribution in [-0.4, -0.2) is 102 Å². The summed E-state index contributed by atoms with van der Waals surface area (Å²) in [6.07, 6.45) is 6.79. The minimum absolute atomic E-state index is 0.190. The molecule has 2 aliphatic rings. The van der Waals surface area contributed by atoms with Crippen molar-refractivity contribution >= 4 is 44.6 Å². The summed E-state index contributed by atoms with van der Waals surface area (Å²) in [6, 6.07) is 22.2. The van der Waals surface area contributed by atoms with Gasteiger partial charge in [0, 0.05) is 80.6 Å². The molecule has 6 aromatic rings. The predicted molar refractivity (Wildman–Crippen MR) is 220 cm³/mol. The minimum atomic E-state index is -3.16. The third kappa shape index (κ3) is 7.95. The lowest BCUT2D eigenvalue weighted by Crippen LogP contribution is -2.54. The molecule has 16 heteroatoms. The summed E-state index contributed by atoms with van der Waals surface area (Å²) in [5.41, 5.74) is 5.38. The zero-order valence-corrected chi connectivity index (χ0v) is 33.1. The Morgan fingerprint density at radius 1 is 0.879 bits per heavy atom. The number of ether oxygens (including phenoxy) is 1. The summed E-state index contributed by atoms with van der Waals surface area (Å²) in [6.45, 7) is 6.28. The van der Waals surface area contributed by atoms with Gasteiger partial charge in [-0.2, -0.15) is 4.31 Å². The predicted octanol–water partition coefficient (Wildman–Crippen LogP) is 6.60. The van der Waals surface area contributed by atoms with Crippen molar-refractivity contribution in [2.24, 2.45) is 0 Å². The molecule has 13 nitrogen and oxygen atoms in total. The normalized spacial score (nSPS) is 15.8. The van der Waals surface area contributed by atoms with Gasteiger partial charge in [-0.1, -0.05) is 24.3 Å². The van der Waals surface area contributed by atoms with Crippen LogP contribution in [0.25, 0.3) is 28.3 Å². The van der Waals surface area contributed by atoms with Crippen molar-refractivity contribution in [2.75, 3.05) is 68.2 Å². The number of anilines is 4. The fourth-order valence-corrected chi connectivity index (χ4v) is 8.63. The fourth-order valence-electron chi connectivity index (χ4n) is 7.80. The van der Waals surface area contributed by atoms with Crippen molar-refractivity contribution < 1.29 is 26.7 Å². The number of amides is 1. The van der Waals surface area contributed by atoms with Crippen LogP contribution in [0.1, 0.15) is 28.8 Å². The Morgan fingerprint density at radius 3 is 2.34 bits per heavy atom. The van der Waals surface area contributed by atoms with Crippen LogP contribution in [0.3, 0.4) is 0 Å². The number of pyridine rings is 1. The lowest BCUT2D eigenvalue weighted by molar-refractivity contribution is 0.102. The number of aromatic nitrogens is 4. The van der Waals surface area contributed by atoms with Gasteiger partial charge in [-0.25, -0.2) is 32.2 Å². The maximum absolute atomic E-state index is 14.4. The van der Waals surface area contributed by atoms with Crippen LogP contribution in [0, 0.1) is 18.6 Å². The van der Waals surface area contributed by atoms with E-state index >= 15 is 0 Å². The number of piperazine rings is 1. The van der Waals surface area contributed by atoms with Crippen LogP contribution in [0.5, 0.6) is 5.75 Å². The van der Waals surface area contributed by atoms with Crippen molar-refractivity contribution in [3.05, 3.63) is 114 Å². The van der Waals surface area contributed by atoms with E-state index in [0.717, 1.165) is 62.4 Å². The molecule has 0 unspecified atom stereocenters. The van der Waals surface area contributed by atoms with E-state index in [0.29, 0.717) is 64.8 Å². The molecule has 0 bridgehead atoms. The number of sulfonamides is 1. The number of carbonyl (C=O) groups excluding carboxylic acids is 1. The number of carbonyl (C=O) groups is 1. The van der Waals surface area contributed by atoms with Gasteiger partial charge in [-0.05, 0) is 73.9 Å². The van der Waals surface area contributed by atoms with Gasteiger partial charge < -0.3 is 20.3 Å². The number of nitrogens with zero attached hydrogens (tertiary/aromatic N) is 7. The van der Waals surface area contributed by atoms with E-state index in [9.17, 15) is 22.0 Å². The van der Waals surface area contributed by atoms with E-state index in [-0.39, 0.29) is 5.56 Å². The summed E-state index contributed by atoms with van der Waals surface area (Å²) < 4.78 is 62.0. The molecule has 2 fully saturated rings. The Kier molecular flexibility index (Phi) is 10.8. The van der Waals surface area contributed by atoms with Gasteiger partial charge in [0.1, 0.15) is 28.7 Å². The van der Waals surface area contributed by atoms with E-state index < -0.39 is 33.3 Å². The molecule has 300 valence electrons. The third-order valence-corrected chi connectivity index (χ3v) is 12.2. The zero-order chi connectivity index (χ0) is 40.6. The quantitative estimate of drug-likeness (QED) is 0.156. The number of halogens is 2. The Balaban J connectivity index is 1.02. The highest BCUT2D eigenvalue weighted by Crippen LogP contribution is 2.36. The van der Waals surface area contributed by atoms with Gasteiger partial charge in [-0.3, -0.25) is 14.1 Å². The molecule has 2 aliphatic heterocycles. The Morgan fingerprint density at radius 2 is 1.62 bits per heavy atom. The van der Waals surface area contributed by atoms with Gasteiger partial charge in [0.15, 0.2) is 0 Å². The van der Waals surface area contributed by atoms with Gasteiger partial charge in [0.05, 0.1) is 36.1 Å². The first-order valence-corrected chi connectivity index (χ1v) is 20.9. The van der Waals surface area contributed by atoms with E-state index in [2.05, 4.69) is 31.5 Å². The number of hydrogen-bond donors (Lipinski definition) is 2. The largest absolute Gasteiger partial charge is 0.494 e. The Bertz CT molecular complexity index is 2590. The molecule has 3 aromatic carbocycles. The highest BCUT2D eigenvalue weighted by molar-refractivity contribution is 7.88. The number of nitrogens with one attached hydrogen (secondary N) is 2. The summed E-state index contributed by atoms with van der Waals surface area (Å²) in [5, 5.41) is 5.69. The lowest BCUT2D eigenvalue weighted by atomic mass is 10.0. The van der Waals surface area contributed by atoms with E-state index in [1.807, 2.05) is 47.9 Å². The van der Waals surface area contributed by atoms with Crippen LogP contribution in [-0.2, 0) is 10.0 Å². The van der Waals surface area contributed by atoms with Crippen molar-refractivity contribution in [3.63, 3.8) is 0 Å². The van der Waals surface area contributed by atoms with Crippen molar-refractivity contribution in [1.82, 2.24) is 28.6 Å². The SMILES string of the molecule is COc1cc(N2CCC(N3CCN(S(C)(=O)=O)CC3)CC2)ccc1Nc1nccc(-c2c(-c3cccc(C(=O)Nc4c(F)cccc4F)c3)nc3c(C)cccn23)n1. The topological polar surface area (TPSA) is 137 Å². The second kappa shape index (κ2) is 16.1. The molecule has 2 saturated heterocycles. The first-order chi connectivity index (χ1) is 28.0. The first kappa shape index (κ1) is 38.9. The first-order valence-electron chi connectivity index (χ1n) is 19.0. The summed E-state index contributed by atoms with van der Waals surface area (Å²) in [5.74, 6) is -1.47. The van der Waals surface area contributed by atoms with Crippen LogP contribution in [0.15, 0.2) is 91.3 Å². The summed E-state index contributed by atoms with van der Waals surface area (Å²) >= 11 is 0. The van der Waals surface area contributed by atoms with Gasteiger partial charge in [0.2, 0.25) is 16.0 Å². The smallest absolute Gasteiger partial charge is 0.255 e. The Hall–Kier alpha value is -5.97. The maximum atomic E-state index is 14.4. The van der Waals surface area contributed by atoms with Crippen LogP contribution >= 0.6 is 0 Å². The highest BCUT2D eigenvalue weighted by atomic mass is 32.2. The van der Waals surface area contributed by atoms with E-state index in [1.165, 1.54) is 12.3 Å². The molecular weight excluding hydrogens is 765 g/mol. The van der Waals surface area contributed by atoms with Crippen LogP contribution in [0.2, 0.25) is 0 Å². The number of hydrogen-bond acceptors (Lipinski definition) is 10. The maximum Gasteiger partial charge on any atom is 0.255 e. The van der Waals surface area contributed by atoms with Crippen molar-refractivity contribution in [1.29, 1.82) is 0 Å². The number of aryl methyl sites for hydroxylation is 1. The second-order valence-electron chi connectivity index (χ2n) is 14.5. The van der Waals surface area contributed by atoms with E-state index in [4.69, 9.17) is 14.7 Å². The van der Waals surface area contributed by atoms with Crippen molar-refractivity contribution in [3.8, 4) is 28.4 Å². The molecule has 3 aromatic heterocycles. The fraction of sp³-hybridized carbons (Fsp3) is 0.286. The third-order valence-electron chi connectivity index (χ3n) is 10.9. The van der Waals surface area contributed by atoms with Gasteiger partial charge in [0.25, 0.3) is 5.91 Å². The second-order valence-corrected chi connectivity index (χ2v) is 16.5. The molecule has 0 atom stereocenters. The van der Waals surface area contributed by atoms with Gasteiger partial charge >= 0.3 is 0 Å². The monoisotopic (exact) mass is 807 g/mol. The zero-order valence-electron chi connectivity index (χ0n) is 32.3. The summed E-state index contributed by atoms with van der Waals surface area (Å²) in [4.78, 5) is 32.4. The average Bonchev–Trinajstić information content (AvgIpc) is 3.63. The molecule has 2 N–H and O–H groups in total. The molecule has 5 heterocycles. The molecular formula is C42H43F2N9O4S. The number of fused-ring (bicyclic) bond motifs is 1. The minimum Gasteiger partial charge on any atom is -0.494 e. The summed E-state index contributed by atoms with van der Waals surface area (Å²) in [7, 11) is -1.54. The number of rotatable bonds is 10. The standard InChI is InChI=1S/C42H43F2N9O4S/c1-27-7-6-18-53-39(37(48-40(27)53)28-8-4-9-29(25-28)41(54)49-38-32(43)10-5-11-33(38)44)35-14-17-45-42(47-35)46-34-13-12-31(26-36(34)57-2)50-19-15-30(16-20-50)51-21-23-52(24-22-51)58(3,55)56/h4-14,17-18,25-26,30H,15-16,19-24H2,1-3H3,(H,49,54)(H,45,46,47). The van der Waals surface area contributed by atoms with E-state index in [1.54, 1.807) is 41.9 Å². The molecule has 0 aliphatic carbocycles. The molecule has 0 saturated carbocycles. The van der Waals surface area contributed by atoms with Crippen molar-refractivity contribution in [2.45, 2.75) is 25.8 Å². The Labute approximate surface area is 335 Å². The molecule has 0 radical (unpaired) electrons. The molecule has 0 spiro atoms. The van der Waals surface area contributed by atoms with Crippen LogP contribution < -0.4 is 20.3 Å². The lowest BCUT2D eigenvalue weighted by Gasteiger charge is -2.42. The number of para-hydroxylation sites is 1. The number of imidazole rings is 1. The molecule has 8 rings (SSSR count). The average molecular weight is 808 g/mol. The number of methoxy groups -OCH3 is 1. The van der Waals surface area contributed by atoms with Gasteiger partial charge in [-0.15, -0.1) is 0 Å². The number of piperidine rings is 1. The molecule has 58 heavy (non-hydrogen) atoms. The number of benzene rings is 3. The van der Waals surface area contributed by atoms with Crippen LogP contribution in [0.4, 0.5) is 31.8 Å². The highest BCUT2D eigenvalue weighted by Gasteiger charge is 2.30.